The first-order chi connectivity index (χ1) is 18.7. The molecule has 0 aromatic heterocycles. The minimum Gasteiger partial charge on any atom is -0.505 e. The molecule has 0 fully saturated rings. The van der Waals surface area contributed by atoms with Crippen LogP contribution in [0.25, 0.3) is 10.8 Å². The highest BCUT2D eigenvalue weighted by molar-refractivity contribution is 7.95. The van der Waals surface area contributed by atoms with Gasteiger partial charge in [-0.2, -0.15) is 13.5 Å². The maximum absolute atomic E-state index is 11.4. The average molecular weight is 594 g/mol. The molecule has 39 heavy (non-hydrogen) atoms. The summed E-state index contributed by atoms with van der Waals surface area (Å²) in [4.78, 5) is 0.563. The van der Waals surface area contributed by atoms with Gasteiger partial charge in [0.15, 0.2) is 5.75 Å². The summed E-state index contributed by atoms with van der Waals surface area (Å²) in [6.07, 6.45) is 0. The summed E-state index contributed by atoms with van der Waals surface area (Å²) in [5.41, 5.74) is 2.18. The molecule has 4 rings (SSSR count). The molecule has 0 bridgehead atoms. The lowest BCUT2D eigenvalue weighted by Crippen LogP contribution is -1.99. The minimum absolute atomic E-state index is 0.0239. The minimum atomic E-state index is -4.38. The van der Waals surface area contributed by atoms with Gasteiger partial charge in [0.25, 0.3) is 10.1 Å². The first-order valence-corrected chi connectivity index (χ1v) is 13.6. The summed E-state index contributed by atoms with van der Waals surface area (Å²) in [6.45, 7) is 1.81. The van der Waals surface area contributed by atoms with E-state index in [0.29, 0.717) is 44.8 Å². The van der Waals surface area contributed by atoms with Gasteiger partial charge in [0.05, 0.1) is 39.6 Å². The largest absolute Gasteiger partial charge is 0.505 e. The van der Waals surface area contributed by atoms with Gasteiger partial charge < -0.3 is 10.4 Å². The van der Waals surface area contributed by atoms with Crippen LogP contribution in [0, 0.1) is 6.92 Å². The number of nitrogens with one attached hydrogen (secondary N) is 1. The van der Waals surface area contributed by atoms with Gasteiger partial charge in [0, 0.05) is 21.7 Å². The third kappa shape index (κ3) is 7.22. The molecule has 0 saturated heterocycles. The number of aromatic hydroxyl groups is 1. The Morgan fingerprint density at radius 3 is 2.28 bits per heavy atom. The molecule has 4 aromatic rings. The van der Waals surface area contributed by atoms with Crippen LogP contribution in [0.5, 0.6) is 5.75 Å². The Hall–Kier alpha value is -3.29. The predicted molar refractivity (Wildman–Crippen MR) is 142 cm³/mol. The fraction of sp³-hybridized carbons (Fsp3) is 0.0435. The maximum atomic E-state index is 11.4. The van der Waals surface area contributed by atoms with Crippen molar-refractivity contribution in [2.24, 2.45) is 10.2 Å². The van der Waals surface area contributed by atoms with E-state index in [1.54, 1.807) is 48.5 Å². The van der Waals surface area contributed by atoms with Gasteiger partial charge in [-0.3, -0.25) is 4.55 Å². The molecule has 204 valence electrons. The molecule has 0 radical (unpaired) electrons. The first-order valence-electron chi connectivity index (χ1n) is 10.7. The highest BCUT2D eigenvalue weighted by atomic mass is 32.2. The third-order valence-corrected chi connectivity index (χ3v) is 7.43. The van der Waals surface area contributed by atoms with E-state index in [0.717, 1.165) is 17.6 Å². The number of phenols is 1. The van der Waals surface area contributed by atoms with Crippen molar-refractivity contribution in [2.45, 2.75) is 21.6 Å². The topological polar surface area (TPSA) is 189 Å². The number of azo groups is 1. The molecule has 0 saturated carbocycles. The fourth-order valence-corrected chi connectivity index (χ4v) is 4.94. The van der Waals surface area contributed by atoms with Crippen LogP contribution in [0.4, 0.5) is 22.7 Å². The Morgan fingerprint density at radius 2 is 1.56 bits per heavy atom. The molecule has 4 aromatic carbocycles. The van der Waals surface area contributed by atoms with E-state index in [-0.39, 0.29) is 21.2 Å². The molecule has 0 amide bonds. The Labute approximate surface area is 229 Å². The Kier molecular flexibility index (Phi) is 9.36. The van der Waals surface area contributed by atoms with Crippen molar-refractivity contribution >= 4 is 67.7 Å². The summed E-state index contributed by atoms with van der Waals surface area (Å²) in [5, 5.41) is 47.7. The number of anilines is 2. The second-order valence-corrected chi connectivity index (χ2v) is 10.6. The van der Waals surface area contributed by atoms with Crippen LogP contribution in [0.15, 0.2) is 91.6 Å². The summed E-state index contributed by atoms with van der Waals surface area (Å²) in [5.74, 6) is -0.237. The Balaban J connectivity index is 1.69. The second kappa shape index (κ2) is 12.7. The SMILES string of the molecule is Cc1ccc(N=Nc2c(SOOO)cc3cc(Nc4cccc(S(=O)(=O)O)c4)ccc3c2O)cc1SOOO. The quantitative estimate of drug-likeness (QED) is 0.0389. The number of aryl methyl sites for hydroxylation is 1. The molecule has 0 spiro atoms. The monoisotopic (exact) mass is 593 g/mol. The van der Waals surface area contributed by atoms with E-state index in [2.05, 4.69) is 34.3 Å². The van der Waals surface area contributed by atoms with Gasteiger partial charge in [0.2, 0.25) is 0 Å². The van der Waals surface area contributed by atoms with Crippen LogP contribution in [0.1, 0.15) is 5.56 Å². The highest BCUT2D eigenvalue weighted by Gasteiger charge is 2.16. The van der Waals surface area contributed by atoms with E-state index in [4.69, 9.17) is 10.5 Å². The lowest BCUT2D eigenvalue weighted by molar-refractivity contribution is -0.432. The van der Waals surface area contributed by atoms with Gasteiger partial charge in [-0.15, -0.1) is 13.8 Å². The number of phenolic OH excluding ortho intramolecular Hbond substituents is 1. The zero-order valence-electron chi connectivity index (χ0n) is 19.7. The standard InChI is InChI=1S/C23H19N3O10S3/c1-13-5-6-17(12-20(13)37-35-33-28)25-26-22-21(38-36-34-29)10-14-9-16(7-8-19(14)23(22)27)24-15-3-2-4-18(11-15)39(30,31)32/h2-12,24,27-29H,1H3,(H,30,31,32). The van der Waals surface area contributed by atoms with Gasteiger partial charge in [-0.1, -0.05) is 22.2 Å². The van der Waals surface area contributed by atoms with Crippen molar-refractivity contribution in [1.82, 2.24) is 0 Å². The molecule has 16 heteroatoms. The van der Waals surface area contributed by atoms with E-state index in [1.807, 2.05) is 6.92 Å². The molecular weight excluding hydrogens is 574 g/mol. The Morgan fingerprint density at radius 1 is 0.846 bits per heavy atom. The molecule has 0 atom stereocenters. The predicted octanol–water partition coefficient (Wildman–Crippen LogP) is 7.12. The summed E-state index contributed by atoms with van der Waals surface area (Å²) < 4.78 is 41.2. The number of benzene rings is 4. The zero-order valence-corrected chi connectivity index (χ0v) is 22.2. The van der Waals surface area contributed by atoms with Crippen LogP contribution < -0.4 is 5.32 Å². The molecule has 13 nitrogen and oxygen atoms in total. The van der Waals surface area contributed by atoms with Crippen molar-refractivity contribution < 1.29 is 47.3 Å². The summed E-state index contributed by atoms with van der Waals surface area (Å²) in [7, 11) is -4.38. The number of fused-ring (bicyclic) bond motifs is 1. The molecular formula is C23H19N3O10S3. The van der Waals surface area contributed by atoms with Crippen LogP contribution >= 0.6 is 24.1 Å². The van der Waals surface area contributed by atoms with Crippen LogP contribution in [-0.2, 0) is 28.9 Å². The van der Waals surface area contributed by atoms with Crippen molar-refractivity contribution in [3.8, 4) is 5.75 Å². The highest BCUT2D eigenvalue weighted by Crippen LogP contribution is 2.44. The van der Waals surface area contributed by atoms with Crippen molar-refractivity contribution in [3.05, 3.63) is 72.3 Å². The van der Waals surface area contributed by atoms with E-state index >= 15 is 0 Å². The fourth-order valence-electron chi connectivity index (χ4n) is 3.44. The van der Waals surface area contributed by atoms with Crippen LogP contribution in [0.3, 0.4) is 0 Å². The summed E-state index contributed by atoms with van der Waals surface area (Å²) in [6, 6.07) is 17.2. The summed E-state index contributed by atoms with van der Waals surface area (Å²) >= 11 is 1.34. The molecule has 0 aliphatic carbocycles. The Bertz CT molecular complexity index is 1630. The molecule has 5 N–H and O–H groups in total. The van der Waals surface area contributed by atoms with Gasteiger partial charge >= 0.3 is 0 Å². The average Bonchev–Trinajstić information content (AvgIpc) is 2.91. The zero-order chi connectivity index (χ0) is 28.0. The second-order valence-electron chi connectivity index (χ2n) is 7.74. The van der Waals surface area contributed by atoms with Crippen LogP contribution in [-0.4, -0.2) is 28.6 Å². The number of hydrogen-bond donors (Lipinski definition) is 5. The first kappa shape index (κ1) is 28.7. The smallest absolute Gasteiger partial charge is 0.294 e. The molecule has 0 unspecified atom stereocenters. The van der Waals surface area contributed by atoms with Crippen LogP contribution in [0.2, 0.25) is 0 Å². The molecule has 0 heterocycles. The molecule has 0 aliphatic rings. The molecule has 0 aliphatic heterocycles. The number of hydrogen-bond acceptors (Lipinski definition) is 14. The van der Waals surface area contributed by atoms with Gasteiger partial charge in [-0.05, 0) is 72.5 Å². The third-order valence-electron chi connectivity index (χ3n) is 5.22. The lowest BCUT2D eigenvalue weighted by atomic mass is 10.1. The number of nitrogens with zero attached hydrogens (tertiary/aromatic N) is 2. The van der Waals surface area contributed by atoms with Gasteiger partial charge in [0.1, 0.15) is 5.69 Å². The van der Waals surface area contributed by atoms with Crippen molar-refractivity contribution in [2.75, 3.05) is 5.32 Å². The van der Waals surface area contributed by atoms with Crippen molar-refractivity contribution in [3.63, 3.8) is 0 Å². The normalized spacial score (nSPS) is 11.9. The lowest BCUT2D eigenvalue weighted by Gasteiger charge is -2.12. The van der Waals surface area contributed by atoms with E-state index in [9.17, 15) is 18.1 Å². The van der Waals surface area contributed by atoms with E-state index < -0.39 is 10.1 Å². The van der Waals surface area contributed by atoms with E-state index in [1.165, 1.54) is 18.2 Å². The maximum Gasteiger partial charge on any atom is 0.294 e. The number of rotatable bonds is 11. The van der Waals surface area contributed by atoms with Gasteiger partial charge in [-0.25, -0.2) is 10.5 Å². The van der Waals surface area contributed by atoms with Crippen molar-refractivity contribution in [1.29, 1.82) is 0 Å².